The third-order valence-electron chi connectivity index (χ3n) is 3.05. The van der Waals surface area contributed by atoms with E-state index in [1.54, 1.807) is 0 Å². The van der Waals surface area contributed by atoms with E-state index in [1.807, 2.05) is 0 Å². The van der Waals surface area contributed by atoms with Crippen molar-refractivity contribution in [2.24, 2.45) is 0 Å². The summed E-state index contributed by atoms with van der Waals surface area (Å²) in [5.74, 6) is -12.8. The molecule has 2 aliphatic heterocycles. The molecule has 2 saturated heterocycles. The molecule has 2 rings (SSSR count). The van der Waals surface area contributed by atoms with Crippen LogP contribution in [0.25, 0.3) is 0 Å². The van der Waals surface area contributed by atoms with Gasteiger partial charge in [0.1, 0.15) is 0 Å². The normalized spacial score (nSPS) is 35.0. The number of carbonyl (C=O) groups excluding carboxylic acids is 4. The van der Waals surface area contributed by atoms with Crippen molar-refractivity contribution in [3.05, 3.63) is 24.3 Å². The van der Waals surface area contributed by atoms with Crippen molar-refractivity contribution in [2.75, 3.05) is 0 Å². The van der Waals surface area contributed by atoms with Crippen LogP contribution in [0.5, 0.6) is 0 Å². The molecule has 0 aromatic heterocycles. The van der Waals surface area contributed by atoms with Crippen LogP contribution in [-0.2, 0) is 38.1 Å². The number of rotatable bonds is 1. The third kappa shape index (κ3) is 2.87. The smallest absolute Gasteiger partial charge is 0.428 e. The maximum absolute atomic E-state index is 11.8. The predicted molar refractivity (Wildman–Crippen MR) is 67.8 cm³/mol. The zero-order chi connectivity index (χ0) is 18.3. The summed E-state index contributed by atoms with van der Waals surface area (Å²) in [5.41, 5.74) is -0.961. The first-order valence-electron chi connectivity index (χ1n) is 6.35. The van der Waals surface area contributed by atoms with Gasteiger partial charge in [0.2, 0.25) is 0 Å². The fourth-order valence-corrected chi connectivity index (χ4v) is 1.78. The molecular weight excluding hydrogens is 332 g/mol. The molecule has 2 aliphatic rings. The zero-order valence-corrected chi connectivity index (χ0v) is 12.0. The van der Waals surface area contributed by atoms with Gasteiger partial charge in [-0.05, 0) is 0 Å². The van der Waals surface area contributed by atoms with Gasteiger partial charge in [0.25, 0.3) is 6.29 Å². The standard InChI is InChI=1S/C13H12O11/c1-5-3-7(14)21-11(18)12(19,23-9(5)16)13(20)22-8(15)4-6(2)10(17)24-13/h11,18-20H,1-4H2. The van der Waals surface area contributed by atoms with Crippen LogP contribution in [0.15, 0.2) is 24.3 Å². The highest BCUT2D eigenvalue weighted by Crippen LogP contribution is 2.36. The van der Waals surface area contributed by atoms with E-state index in [4.69, 9.17) is 0 Å². The lowest BCUT2D eigenvalue weighted by Gasteiger charge is -2.40. The van der Waals surface area contributed by atoms with Gasteiger partial charge >= 0.3 is 35.6 Å². The summed E-state index contributed by atoms with van der Waals surface area (Å²) in [5, 5.41) is 30.4. The quantitative estimate of drug-likeness (QED) is 0.267. The van der Waals surface area contributed by atoms with Crippen molar-refractivity contribution < 1.29 is 53.4 Å². The largest absolute Gasteiger partial charge is 0.450 e. The Balaban J connectivity index is 2.50. The second-order valence-electron chi connectivity index (χ2n) is 4.93. The van der Waals surface area contributed by atoms with Crippen LogP contribution < -0.4 is 0 Å². The molecule has 0 saturated carbocycles. The molecule has 3 unspecified atom stereocenters. The van der Waals surface area contributed by atoms with Gasteiger partial charge in [-0.15, -0.1) is 0 Å². The Bertz CT molecular complexity index is 665. The molecule has 2 heterocycles. The summed E-state index contributed by atoms with van der Waals surface area (Å²) in [6.07, 6.45) is -4.16. The molecule has 11 heteroatoms. The number of carbonyl (C=O) groups is 4. The van der Waals surface area contributed by atoms with Gasteiger partial charge in [0, 0.05) is 11.1 Å². The van der Waals surface area contributed by atoms with Crippen molar-refractivity contribution in [3.8, 4) is 0 Å². The molecule has 0 aromatic carbocycles. The summed E-state index contributed by atoms with van der Waals surface area (Å²) in [7, 11) is 0. The van der Waals surface area contributed by atoms with Gasteiger partial charge < -0.3 is 34.3 Å². The van der Waals surface area contributed by atoms with Crippen molar-refractivity contribution in [1.29, 1.82) is 0 Å². The van der Waals surface area contributed by atoms with E-state index in [0.717, 1.165) is 0 Å². The van der Waals surface area contributed by atoms with E-state index in [9.17, 15) is 34.5 Å². The molecule has 0 spiro atoms. The van der Waals surface area contributed by atoms with Gasteiger partial charge in [-0.2, -0.15) is 0 Å². The average Bonchev–Trinajstić information content (AvgIpc) is 2.54. The number of hydrogen-bond acceptors (Lipinski definition) is 11. The molecule has 11 nitrogen and oxygen atoms in total. The Hall–Kier alpha value is -2.76. The molecule has 0 amide bonds. The molecule has 0 aromatic rings. The number of esters is 4. The predicted octanol–water partition coefficient (Wildman–Crippen LogP) is -2.27. The Morgan fingerprint density at radius 2 is 1.38 bits per heavy atom. The molecule has 0 bridgehead atoms. The molecule has 130 valence electrons. The van der Waals surface area contributed by atoms with E-state index >= 15 is 0 Å². The number of cyclic esters (lactones) is 4. The topological polar surface area (TPSA) is 166 Å². The monoisotopic (exact) mass is 344 g/mol. The zero-order valence-electron chi connectivity index (χ0n) is 12.0. The Morgan fingerprint density at radius 3 is 1.96 bits per heavy atom. The van der Waals surface area contributed by atoms with Crippen molar-refractivity contribution >= 4 is 23.9 Å². The molecular formula is C13H12O11. The maximum Gasteiger partial charge on any atom is 0.450 e. The van der Waals surface area contributed by atoms with Crippen LogP contribution in [0.1, 0.15) is 12.8 Å². The van der Waals surface area contributed by atoms with Crippen molar-refractivity contribution in [1.82, 2.24) is 0 Å². The second-order valence-corrected chi connectivity index (χ2v) is 4.93. The molecule has 0 radical (unpaired) electrons. The molecule has 3 N–H and O–H groups in total. The van der Waals surface area contributed by atoms with Crippen molar-refractivity contribution in [3.63, 3.8) is 0 Å². The first kappa shape index (κ1) is 17.6. The molecule has 0 aliphatic carbocycles. The van der Waals surface area contributed by atoms with Crippen molar-refractivity contribution in [2.45, 2.75) is 30.9 Å². The Kier molecular flexibility index (Phi) is 4.18. The van der Waals surface area contributed by atoms with Crippen LogP contribution in [0.4, 0.5) is 0 Å². The van der Waals surface area contributed by atoms with Gasteiger partial charge in [-0.1, -0.05) is 13.2 Å². The van der Waals surface area contributed by atoms with Gasteiger partial charge in [-0.3, -0.25) is 9.59 Å². The SMILES string of the molecule is C=C1CC(=O)OC(O)(C2(O)OC(=O)C(=C)CC(=O)OC2O)OC1=O. The first-order chi connectivity index (χ1) is 11.0. The highest BCUT2D eigenvalue weighted by molar-refractivity contribution is 5.95. The highest BCUT2D eigenvalue weighted by Gasteiger charge is 2.68. The number of aliphatic hydroxyl groups is 3. The minimum absolute atomic E-state index is 0.451. The van der Waals surface area contributed by atoms with Gasteiger partial charge in [0.05, 0.1) is 12.8 Å². The van der Waals surface area contributed by atoms with E-state index in [-0.39, 0.29) is 0 Å². The summed E-state index contributed by atoms with van der Waals surface area (Å²) >= 11 is 0. The minimum Gasteiger partial charge on any atom is -0.428 e. The molecule has 2 fully saturated rings. The lowest BCUT2D eigenvalue weighted by Crippen LogP contribution is -2.68. The highest BCUT2D eigenvalue weighted by atomic mass is 16.9. The minimum atomic E-state index is -3.71. The van der Waals surface area contributed by atoms with E-state index < -0.39 is 65.9 Å². The molecule has 3 atom stereocenters. The summed E-state index contributed by atoms with van der Waals surface area (Å²) in [6.45, 7) is 6.38. The molecule has 24 heavy (non-hydrogen) atoms. The summed E-state index contributed by atoms with van der Waals surface area (Å²) in [6, 6.07) is 0. The Morgan fingerprint density at radius 1 is 0.875 bits per heavy atom. The fraction of sp³-hybridized carbons (Fsp3) is 0.385. The number of hydrogen-bond donors (Lipinski definition) is 3. The van der Waals surface area contributed by atoms with Crippen LogP contribution in [-0.4, -0.2) is 57.2 Å². The van der Waals surface area contributed by atoms with Gasteiger partial charge in [-0.25, -0.2) is 9.59 Å². The number of aliphatic hydroxyl groups excluding tert-OH is 1. The fourth-order valence-electron chi connectivity index (χ4n) is 1.78. The second kappa shape index (κ2) is 5.70. The lowest BCUT2D eigenvalue weighted by atomic mass is 10.1. The Labute approximate surface area is 133 Å². The van der Waals surface area contributed by atoms with Crippen LogP contribution in [0.2, 0.25) is 0 Å². The van der Waals surface area contributed by atoms with Gasteiger partial charge in [0.15, 0.2) is 0 Å². The first-order valence-corrected chi connectivity index (χ1v) is 6.35. The van der Waals surface area contributed by atoms with Crippen LogP contribution in [0, 0.1) is 0 Å². The van der Waals surface area contributed by atoms with E-state index in [0.29, 0.717) is 0 Å². The third-order valence-corrected chi connectivity index (χ3v) is 3.05. The summed E-state index contributed by atoms with van der Waals surface area (Å²) < 4.78 is 17.5. The maximum atomic E-state index is 11.8. The van der Waals surface area contributed by atoms with Crippen LogP contribution in [0.3, 0.4) is 0 Å². The summed E-state index contributed by atoms with van der Waals surface area (Å²) in [4.78, 5) is 46.4. The number of ether oxygens (including phenoxy) is 4. The van der Waals surface area contributed by atoms with E-state index in [2.05, 4.69) is 32.1 Å². The average molecular weight is 344 g/mol. The van der Waals surface area contributed by atoms with E-state index in [1.165, 1.54) is 0 Å². The lowest BCUT2D eigenvalue weighted by molar-refractivity contribution is -0.475. The van der Waals surface area contributed by atoms with Crippen LogP contribution >= 0.6 is 0 Å².